The van der Waals surface area contributed by atoms with Gasteiger partial charge in [0.25, 0.3) is 5.91 Å². The van der Waals surface area contributed by atoms with Gasteiger partial charge in [0.05, 0.1) is 11.8 Å². The van der Waals surface area contributed by atoms with Crippen LogP contribution in [0.4, 0.5) is 13.2 Å². The third-order valence-corrected chi connectivity index (χ3v) is 5.05. The topological polar surface area (TPSA) is 55.3 Å². The van der Waals surface area contributed by atoms with Crippen molar-refractivity contribution in [3.63, 3.8) is 0 Å². The molecular weight excluding hydrogens is 431 g/mol. The van der Waals surface area contributed by atoms with Gasteiger partial charge in [-0.2, -0.15) is 13.2 Å². The molecule has 0 aliphatic heterocycles. The number of aromatic nitrogens is 2. The van der Waals surface area contributed by atoms with Crippen LogP contribution in [0.1, 0.15) is 59.7 Å². The zero-order chi connectivity index (χ0) is 24.0. The van der Waals surface area contributed by atoms with Crippen LogP contribution in [0.5, 0.6) is 5.75 Å². The van der Waals surface area contributed by atoms with Crippen LogP contribution in [0.2, 0.25) is 0 Å². The van der Waals surface area contributed by atoms with Gasteiger partial charge in [0.15, 0.2) is 11.4 Å². The fourth-order valence-electron chi connectivity index (χ4n) is 3.15. The van der Waals surface area contributed by atoms with Crippen molar-refractivity contribution in [2.75, 3.05) is 6.54 Å². The average Bonchev–Trinajstić information content (AvgIpc) is 2.81. The number of hydrogen-bond acceptors (Lipinski definition) is 4. The smallest absolute Gasteiger partial charge is 0.416 e. The molecule has 0 radical (unpaired) electrons. The summed E-state index contributed by atoms with van der Waals surface area (Å²) in [6.07, 6.45) is -2.90. The minimum atomic E-state index is -4.40. The predicted octanol–water partition coefficient (Wildman–Crippen LogP) is 5.86. The van der Waals surface area contributed by atoms with Crippen LogP contribution in [0.15, 0.2) is 60.8 Å². The highest BCUT2D eigenvalue weighted by Crippen LogP contribution is 2.29. The molecule has 2 aromatic carbocycles. The van der Waals surface area contributed by atoms with Crippen molar-refractivity contribution >= 4 is 5.91 Å². The number of ether oxygens (including phenoxy) is 1. The Bertz CT molecular complexity index is 1070. The van der Waals surface area contributed by atoms with Crippen molar-refractivity contribution in [3.8, 4) is 5.75 Å². The van der Waals surface area contributed by atoms with Crippen molar-refractivity contribution in [2.24, 2.45) is 0 Å². The number of hydrogen-bond donors (Lipinski definition) is 0. The van der Waals surface area contributed by atoms with E-state index in [9.17, 15) is 18.0 Å². The Morgan fingerprint density at radius 2 is 1.70 bits per heavy atom. The fraction of sp³-hybridized carbons (Fsp3) is 0.320. The summed E-state index contributed by atoms with van der Waals surface area (Å²) in [5, 5.41) is 0. The van der Waals surface area contributed by atoms with Gasteiger partial charge in [0.1, 0.15) is 12.4 Å². The van der Waals surface area contributed by atoms with Crippen LogP contribution < -0.4 is 4.74 Å². The monoisotopic (exact) mass is 457 g/mol. The second-order valence-corrected chi connectivity index (χ2v) is 7.88. The molecule has 0 atom stereocenters. The number of rotatable bonds is 8. The normalized spacial score (nSPS) is 11.5. The van der Waals surface area contributed by atoms with Gasteiger partial charge < -0.3 is 9.64 Å². The maximum absolute atomic E-state index is 13.4. The first-order chi connectivity index (χ1) is 15.7. The summed E-state index contributed by atoms with van der Waals surface area (Å²) in [6.45, 7) is 6.39. The van der Waals surface area contributed by atoms with Gasteiger partial charge in [-0.05, 0) is 30.2 Å². The standard InChI is InChI=1S/C25H26F3N3O2/c1-4-31(15-18-10-12-20(13-11-18)25(26,27)28)24(32)22-21(14-29-23(30-22)17(2)3)33-16-19-8-6-5-7-9-19/h5-14,17H,4,15-16H2,1-3H3. The molecule has 0 unspecified atom stereocenters. The molecule has 0 bridgehead atoms. The van der Waals surface area contributed by atoms with Gasteiger partial charge in [-0.25, -0.2) is 9.97 Å². The van der Waals surface area contributed by atoms with Crippen LogP contribution in [0.25, 0.3) is 0 Å². The molecule has 0 fully saturated rings. The quantitative estimate of drug-likeness (QED) is 0.425. The van der Waals surface area contributed by atoms with Crippen LogP contribution in [0.3, 0.4) is 0 Å². The van der Waals surface area contributed by atoms with Crippen molar-refractivity contribution in [1.29, 1.82) is 0 Å². The summed E-state index contributed by atoms with van der Waals surface area (Å²) in [5.41, 5.74) is 0.928. The average molecular weight is 457 g/mol. The molecule has 1 aromatic heterocycles. The van der Waals surface area contributed by atoms with Crippen molar-refractivity contribution in [2.45, 2.75) is 46.0 Å². The fourth-order valence-corrected chi connectivity index (χ4v) is 3.15. The van der Waals surface area contributed by atoms with Crippen LogP contribution in [-0.4, -0.2) is 27.3 Å². The third kappa shape index (κ3) is 6.31. The van der Waals surface area contributed by atoms with Crippen molar-refractivity contribution in [1.82, 2.24) is 14.9 Å². The highest BCUT2D eigenvalue weighted by Gasteiger charge is 2.30. The first-order valence-corrected chi connectivity index (χ1v) is 10.7. The van der Waals surface area contributed by atoms with E-state index in [4.69, 9.17) is 4.74 Å². The van der Waals surface area contributed by atoms with E-state index in [0.717, 1.165) is 17.7 Å². The number of halogens is 3. The number of carbonyl (C=O) groups is 1. The molecule has 0 saturated carbocycles. The molecule has 1 heterocycles. The number of benzene rings is 2. The molecule has 0 aliphatic carbocycles. The maximum atomic E-state index is 13.4. The Labute approximate surface area is 191 Å². The molecular formula is C25H26F3N3O2. The zero-order valence-electron chi connectivity index (χ0n) is 18.8. The molecule has 8 heteroatoms. The Hall–Kier alpha value is -3.42. The summed E-state index contributed by atoms with van der Waals surface area (Å²) >= 11 is 0. The molecule has 0 saturated heterocycles. The number of nitrogens with zero attached hydrogens (tertiary/aromatic N) is 3. The molecule has 5 nitrogen and oxygen atoms in total. The summed E-state index contributed by atoms with van der Waals surface area (Å²) in [5.74, 6) is 0.407. The van der Waals surface area contributed by atoms with E-state index in [1.165, 1.54) is 23.2 Å². The Morgan fingerprint density at radius 3 is 2.27 bits per heavy atom. The first-order valence-electron chi connectivity index (χ1n) is 10.7. The Morgan fingerprint density at radius 1 is 1.03 bits per heavy atom. The minimum Gasteiger partial charge on any atom is -0.485 e. The second-order valence-electron chi connectivity index (χ2n) is 7.88. The Kier molecular flexibility index (Phi) is 7.68. The van der Waals surface area contributed by atoms with Gasteiger partial charge in [0, 0.05) is 19.0 Å². The molecule has 174 valence electrons. The maximum Gasteiger partial charge on any atom is 0.416 e. The highest BCUT2D eigenvalue weighted by atomic mass is 19.4. The van der Waals surface area contributed by atoms with Gasteiger partial charge in [-0.1, -0.05) is 56.3 Å². The van der Waals surface area contributed by atoms with E-state index in [-0.39, 0.29) is 36.4 Å². The van der Waals surface area contributed by atoms with E-state index in [2.05, 4.69) is 9.97 Å². The summed E-state index contributed by atoms with van der Waals surface area (Å²) in [4.78, 5) is 23.7. The SMILES string of the molecule is CCN(Cc1ccc(C(F)(F)F)cc1)C(=O)c1nc(C(C)C)ncc1OCc1ccccc1. The number of amides is 1. The lowest BCUT2D eigenvalue weighted by Crippen LogP contribution is -2.32. The largest absolute Gasteiger partial charge is 0.485 e. The third-order valence-electron chi connectivity index (χ3n) is 5.05. The molecule has 3 rings (SSSR count). The highest BCUT2D eigenvalue weighted by molar-refractivity contribution is 5.94. The lowest BCUT2D eigenvalue weighted by Gasteiger charge is -2.22. The van der Waals surface area contributed by atoms with Crippen molar-refractivity contribution in [3.05, 3.63) is 89.0 Å². The lowest BCUT2D eigenvalue weighted by atomic mass is 10.1. The first kappa shape index (κ1) is 24.2. The zero-order valence-corrected chi connectivity index (χ0v) is 18.8. The molecule has 0 N–H and O–H groups in total. The molecule has 0 aliphatic rings. The van der Waals surface area contributed by atoms with Gasteiger partial charge in [0.2, 0.25) is 0 Å². The van der Waals surface area contributed by atoms with E-state index >= 15 is 0 Å². The van der Waals surface area contributed by atoms with E-state index in [1.807, 2.05) is 44.2 Å². The number of alkyl halides is 3. The van der Waals surface area contributed by atoms with Crippen LogP contribution in [0, 0.1) is 0 Å². The molecule has 33 heavy (non-hydrogen) atoms. The van der Waals surface area contributed by atoms with Crippen molar-refractivity contribution < 1.29 is 22.7 Å². The summed E-state index contributed by atoms with van der Waals surface area (Å²) in [7, 11) is 0. The predicted molar refractivity (Wildman–Crippen MR) is 119 cm³/mol. The van der Waals surface area contributed by atoms with E-state index in [0.29, 0.717) is 17.9 Å². The Balaban J connectivity index is 1.84. The van der Waals surface area contributed by atoms with E-state index in [1.54, 1.807) is 6.92 Å². The van der Waals surface area contributed by atoms with Crippen LogP contribution >= 0.6 is 0 Å². The minimum absolute atomic E-state index is 0.00436. The molecule has 3 aromatic rings. The summed E-state index contributed by atoms with van der Waals surface area (Å²) in [6, 6.07) is 14.3. The second kappa shape index (κ2) is 10.5. The molecule has 1 amide bonds. The number of carbonyl (C=O) groups excluding carboxylic acids is 1. The van der Waals surface area contributed by atoms with Gasteiger partial charge >= 0.3 is 6.18 Å². The van der Waals surface area contributed by atoms with Crippen LogP contribution in [-0.2, 0) is 19.3 Å². The van der Waals surface area contributed by atoms with E-state index < -0.39 is 11.7 Å². The van der Waals surface area contributed by atoms with Gasteiger partial charge in [-0.15, -0.1) is 0 Å². The molecule has 0 spiro atoms. The lowest BCUT2D eigenvalue weighted by molar-refractivity contribution is -0.137. The van der Waals surface area contributed by atoms with Gasteiger partial charge in [-0.3, -0.25) is 4.79 Å². The summed E-state index contributed by atoms with van der Waals surface area (Å²) < 4.78 is 44.4.